The Hall–Kier alpha value is -4.30. The number of para-hydroxylation sites is 1. The van der Waals surface area contributed by atoms with E-state index >= 15 is 0 Å². The van der Waals surface area contributed by atoms with E-state index < -0.39 is 4.92 Å². The summed E-state index contributed by atoms with van der Waals surface area (Å²) in [7, 11) is 4.08. The maximum atomic E-state index is 12.9. The van der Waals surface area contributed by atoms with Crippen LogP contribution in [0.3, 0.4) is 0 Å². The Balaban J connectivity index is 1.55. The molecule has 0 fully saturated rings. The number of hydrogen-bond acceptors (Lipinski definition) is 5. The number of hydrogen-bond donors (Lipinski definition) is 1. The van der Waals surface area contributed by atoms with Crippen LogP contribution in [-0.4, -0.2) is 46.2 Å². The fraction of sp³-hybridized carbons (Fsp3) is 0.185. The number of nitro groups is 1. The van der Waals surface area contributed by atoms with Crippen molar-refractivity contribution in [1.82, 2.24) is 14.7 Å². The molecule has 35 heavy (non-hydrogen) atoms. The molecule has 3 aromatic carbocycles. The first-order valence-electron chi connectivity index (χ1n) is 11.3. The molecule has 0 saturated heterocycles. The van der Waals surface area contributed by atoms with Gasteiger partial charge in [0.1, 0.15) is 0 Å². The monoisotopic (exact) mass is 469 g/mol. The van der Waals surface area contributed by atoms with Crippen LogP contribution in [0.4, 0.5) is 11.4 Å². The van der Waals surface area contributed by atoms with Crippen molar-refractivity contribution < 1.29 is 9.72 Å². The standard InChI is InChI=1S/C27H27N5O3/c1-30(2)17-16-20-8-12-23(13-9-20)28-26(33)18-22-19-31(24-6-4-3-5-7-24)29-27(22)21-10-14-25(15-11-21)32(34)35/h3-15,19H,16-18H2,1-2H3,(H,28,33). The molecule has 4 aromatic rings. The van der Waals surface area contributed by atoms with Crippen molar-refractivity contribution in [2.45, 2.75) is 12.8 Å². The number of carbonyl (C=O) groups excluding carboxylic acids is 1. The molecule has 0 saturated carbocycles. The molecule has 1 amide bonds. The van der Waals surface area contributed by atoms with Gasteiger partial charge in [-0.25, -0.2) is 4.68 Å². The summed E-state index contributed by atoms with van der Waals surface area (Å²) in [6.07, 6.45) is 2.88. The molecule has 1 aromatic heterocycles. The van der Waals surface area contributed by atoms with E-state index in [1.165, 1.54) is 17.7 Å². The van der Waals surface area contributed by atoms with Crippen molar-refractivity contribution in [2.75, 3.05) is 26.0 Å². The number of nitro benzene ring substituents is 1. The van der Waals surface area contributed by atoms with Gasteiger partial charge in [0, 0.05) is 41.7 Å². The average molecular weight is 470 g/mol. The number of aromatic nitrogens is 2. The third-order valence-corrected chi connectivity index (χ3v) is 5.60. The Labute approximate surface area is 204 Å². The SMILES string of the molecule is CN(C)CCc1ccc(NC(=O)Cc2cn(-c3ccccc3)nc2-c2ccc([N+](=O)[O-])cc2)cc1. The van der Waals surface area contributed by atoms with Crippen LogP contribution >= 0.6 is 0 Å². The van der Waals surface area contributed by atoms with Crippen LogP contribution in [0, 0.1) is 10.1 Å². The highest BCUT2D eigenvalue weighted by Gasteiger charge is 2.17. The molecule has 1 heterocycles. The van der Waals surface area contributed by atoms with Gasteiger partial charge in [-0.1, -0.05) is 30.3 Å². The smallest absolute Gasteiger partial charge is 0.269 e. The van der Waals surface area contributed by atoms with Crippen molar-refractivity contribution >= 4 is 17.3 Å². The van der Waals surface area contributed by atoms with Crippen LogP contribution in [0.25, 0.3) is 16.9 Å². The van der Waals surface area contributed by atoms with Crippen LogP contribution < -0.4 is 5.32 Å². The maximum absolute atomic E-state index is 12.9. The number of likely N-dealkylation sites (N-methyl/N-ethyl adjacent to an activating group) is 1. The number of anilines is 1. The van der Waals surface area contributed by atoms with Crippen LogP contribution in [0.5, 0.6) is 0 Å². The lowest BCUT2D eigenvalue weighted by molar-refractivity contribution is -0.384. The molecule has 0 unspecified atom stereocenters. The van der Waals surface area contributed by atoms with E-state index in [0.29, 0.717) is 11.3 Å². The topological polar surface area (TPSA) is 93.3 Å². The fourth-order valence-electron chi connectivity index (χ4n) is 3.72. The van der Waals surface area contributed by atoms with E-state index in [9.17, 15) is 14.9 Å². The molecule has 0 spiro atoms. The third kappa shape index (κ3) is 6.18. The van der Waals surface area contributed by atoms with Gasteiger partial charge in [0.2, 0.25) is 5.91 Å². The van der Waals surface area contributed by atoms with Gasteiger partial charge in [0.25, 0.3) is 5.69 Å². The molecular formula is C27H27N5O3. The van der Waals surface area contributed by atoms with E-state index in [-0.39, 0.29) is 18.0 Å². The van der Waals surface area contributed by atoms with Gasteiger partial charge in [0.15, 0.2) is 0 Å². The molecule has 0 aliphatic carbocycles. The number of non-ortho nitro benzene ring substituents is 1. The van der Waals surface area contributed by atoms with E-state index in [2.05, 4.69) is 10.2 Å². The Kier molecular flexibility index (Phi) is 7.32. The minimum Gasteiger partial charge on any atom is -0.326 e. The quantitative estimate of drug-likeness (QED) is 0.282. The molecule has 178 valence electrons. The predicted molar refractivity (Wildman–Crippen MR) is 137 cm³/mol. The normalized spacial score (nSPS) is 10.9. The number of rotatable bonds is 9. The zero-order chi connectivity index (χ0) is 24.8. The average Bonchev–Trinajstić information content (AvgIpc) is 3.27. The highest BCUT2D eigenvalue weighted by Crippen LogP contribution is 2.26. The number of nitrogens with zero attached hydrogens (tertiary/aromatic N) is 4. The summed E-state index contributed by atoms with van der Waals surface area (Å²) in [5.41, 5.74) is 4.84. The highest BCUT2D eigenvalue weighted by atomic mass is 16.6. The molecule has 1 N–H and O–H groups in total. The van der Waals surface area contributed by atoms with Crippen LogP contribution in [0.2, 0.25) is 0 Å². The van der Waals surface area contributed by atoms with Gasteiger partial charge in [-0.05, 0) is 62.5 Å². The number of nitrogens with one attached hydrogen (secondary N) is 1. The summed E-state index contributed by atoms with van der Waals surface area (Å²) in [5, 5.41) is 18.7. The second kappa shape index (κ2) is 10.8. The molecule has 8 heteroatoms. The number of carbonyl (C=O) groups is 1. The van der Waals surface area contributed by atoms with Gasteiger partial charge in [-0.2, -0.15) is 5.10 Å². The lowest BCUT2D eigenvalue weighted by atomic mass is 10.1. The summed E-state index contributed by atoms with van der Waals surface area (Å²) in [6.45, 7) is 0.961. The summed E-state index contributed by atoms with van der Waals surface area (Å²) in [6, 6.07) is 23.7. The van der Waals surface area contributed by atoms with E-state index in [4.69, 9.17) is 5.10 Å². The van der Waals surface area contributed by atoms with Crippen LogP contribution in [0.1, 0.15) is 11.1 Å². The lowest BCUT2D eigenvalue weighted by Gasteiger charge is -2.10. The van der Waals surface area contributed by atoms with E-state index in [0.717, 1.165) is 29.9 Å². The van der Waals surface area contributed by atoms with E-state index in [1.807, 2.05) is 74.9 Å². The largest absolute Gasteiger partial charge is 0.326 e. The Morgan fingerprint density at radius 1 is 1.00 bits per heavy atom. The van der Waals surface area contributed by atoms with Crippen LogP contribution in [-0.2, 0) is 17.6 Å². The van der Waals surface area contributed by atoms with Crippen molar-refractivity contribution in [3.63, 3.8) is 0 Å². The molecule has 0 atom stereocenters. The second-order valence-corrected chi connectivity index (χ2v) is 8.56. The minimum atomic E-state index is -0.438. The molecular weight excluding hydrogens is 442 g/mol. The first-order chi connectivity index (χ1) is 16.9. The molecule has 0 aliphatic rings. The third-order valence-electron chi connectivity index (χ3n) is 5.60. The fourth-order valence-corrected chi connectivity index (χ4v) is 3.72. The molecule has 0 bridgehead atoms. The molecule has 8 nitrogen and oxygen atoms in total. The maximum Gasteiger partial charge on any atom is 0.269 e. The van der Waals surface area contributed by atoms with Crippen molar-refractivity contribution in [2.24, 2.45) is 0 Å². The lowest BCUT2D eigenvalue weighted by Crippen LogP contribution is -2.15. The number of amides is 1. The Morgan fingerprint density at radius 3 is 2.31 bits per heavy atom. The zero-order valence-electron chi connectivity index (χ0n) is 19.7. The first-order valence-corrected chi connectivity index (χ1v) is 11.3. The van der Waals surface area contributed by atoms with Crippen molar-refractivity contribution in [1.29, 1.82) is 0 Å². The summed E-state index contributed by atoms with van der Waals surface area (Å²) in [5.74, 6) is -0.165. The summed E-state index contributed by atoms with van der Waals surface area (Å²) < 4.78 is 1.72. The Morgan fingerprint density at radius 2 is 1.69 bits per heavy atom. The second-order valence-electron chi connectivity index (χ2n) is 8.56. The Bertz CT molecular complexity index is 1300. The summed E-state index contributed by atoms with van der Waals surface area (Å²) in [4.78, 5) is 25.6. The number of benzene rings is 3. The first kappa shape index (κ1) is 23.8. The highest BCUT2D eigenvalue weighted by molar-refractivity contribution is 5.93. The minimum absolute atomic E-state index is 0.00423. The van der Waals surface area contributed by atoms with Crippen LogP contribution in [0.15, 0.2) is 85.1 Å². The van der Waals surface area contributed by atoms with Gasteiger partial charge >= 0.3 is 0 Å². The van der Waals surface area contributed by atoms with Crippen molar-refractivity contribution in [3.8, 4) is 16.9 Å². The molecule has 0 aliphatic heterocycles. The van der Waals surface area contributed by atoms with Gasteiger partial charge in [-0.3, -0.25) is 14.9 Å². The van der Waals surface area contributed by atoms with Gasteiger partial charge < -0.3 is 10.2 Å². The summed E-state index contributed by atoms with van der Waals surface area (Å²) >= 11 is 0. The zero-order valence-corrected chi connectivity index (χ0v) is 19.7. The molecule has 4 rings (SSSR count). The van der Waals surface area contributed by atoms with E-state index in [1.54, 1.807) is 16.8 Å². The molecule has 0 radical (unpaired) electrons. The van der Waals surface area contributed by atoms with Crippen molar-refractivity contribution in [3.05, 3.63) is 106 Å². The van der Waals surface area contributed by atoms with Gasteiger partial charge in [-0.15, -0.1) is 0 Å². The predicted octanol–water partition coefficient (Wildman–Crippen LogP) is 4.73. The van der Waals surface area contributed by atoms with Gasteiger partial charge in [0.05, 0.1) is 22.7 Å².